The molecule has 106 valence electrons. The van der Waals surface area contributed by atoms with E-state index in [0.717, 1.165) is 11.9 Å². The number of nitrogens with zero attached hydrogens (tertiary/aromatic N) is 1. The third-order valence-electron chi connectivity index (χ3n) is 2.66. The van der Waals surface area contributed by atoms with Crippen LogP contribution in [-0.2, 0) is 16.8 Å². The van der Waals surface area contributed by atoms with Crippen molar-refractivity contribution in [1.82, 2.24) is 3.97 Å². The standard InChI is InChI=1S/C12H13N3O4S/c13-20(18,19)15-7-6-9(11(15)12(16)17)8-14-10-4-2-1-3-5-10/h1-7,14H,8H2,(H,16,17)(H2,13,18,19)/p-1. The van der Waals surface area contributed by atoms with E-state index < -0.39 is 21.9 Å². The van der Waals surface area contributed by atoms with Crippen molar-refractivity contribution < 1.29 is 18.3 Å². The number of benzene rings is 1. The minimum Gasteiger partial charge on any atom is -0.543 e. The van der Waals surface area contributed by atoms with Crippen molar-refractivity contribution in [2.75, 3.05) is 5.32 Å². The summed E-state index contributed by atoms with van der Waals surface area (Å²) in [7, 11) is -4.17. The Bertz CT molecular complexity index is 722. The highest BCUT2D eigenvalue weighted by atomic mass is 32.2. The van der Waals surface area contributed by atoms with E-state index in [1.54, 1.807) is 12.1 Å². The van der Waals surface area contributed by atoms with Crippen molar-refractivity contribution in [2.24, 2.45) is 5.14 Å². The molecule has 1 heterocycles. The second-order valence-electron chi connectivity index (χ2n) is 4.04. The van der Waals surface area contributed by atoms with Gasteiger partial charge in [0.05, 0.1) is 11.7 Å². The molecule has 0 aliphatic carbocycles. The highest BCUT2D eigenvalue weighted by Crippen LogP contribution is 2.14. The lowest BCUT2D eigenvalue weighted by Gasteiger charge is -2.11. The average Bonchev–Trinajstić information content (AvgIpc) is 2.81. The fourth-order valence-corrected chi connectivity index (χ4v) is 2.46. The molecule has 7 nitrogen and oxygen atoms in total. The van der Waals surface area contributed by atoms with E-state index in [1.165, 1.54) is 6.07 Å². The number of carboxylic acids is 1. The van der Waals surface area contributed by atoms with Crippen LogP contribution in [-0.4, -0.2) is 18.4 Å². The monoisotopic (exact) mass is 294 g/mol. The number of hydrogen-bond donors (Lipinski definition) is 2. The predicted molar refractivity (Wildman–Crippen MR) is 71.0 cm³/mol. The number of carboxylic acid groups (broad SMARTS) is 1. The molecule has 0 unspecified atom stereocenters. The summed E-state index contributed by atoms with van der Waals surface area (Å²) in [5, 5.41) is 19.0. The second kappa shape index (κ2) is 5.35. The van der Waals surface area contributed by atoms with E-state index in [4.69, 9.17) is 5.14 Å². The first-order valence-corrected chi connectivity index (χ1v) is 7.13. The van der Waals surface area contributed by atoms with Gasteiger partial charge in [0.2, 0.25) is 0 Å². The summed E-state index contributed by atoms with van der Waals surface area (Å²) in [5.41, 5.74) is 0.568. The number of para-hydroxylation sites is 1. The van der Waals surface area contributed by atoms with Gasteiger partial charge in [-0.2, -0.15) is 8.42 Å². The molecule has 0 radical (unpaired) electrons. The predicted octanol–water partition coefficient (Wildman–Crippen LogP) is -0.485. The molecule has 0 bridgehead atoms. The Morgan fingerprint density at radius 2 is 1.90 bits per heavy atom. The smallest absolute Gasteiger partial charge is 0.302 e. The topological polar surface area (TPSA) is 117 Å². The Kier molecular flexibility index (Phi) is 3.77. The van der Waals surface area contributed by atoms with Crippen LogP contribution in [0.2, 0.25) is 0 Å². The van der Waals surface area contributed by atoms with Crippen LogP contribution in [0.15, 0.2) is 42.6 Å². The number of nitrogens with two attached hydrogens (primary N) is 1. The maximum absolute atomic E-state index is 11.3. The lowest BCUT2D eigenvalue weighted by atomic mass is 10.2. The molecular weight excluding hydrogens is 282 g/mol. The molecule has 0 amide bonds. The molecule has 2 aromatic rings. The number of carbonyl (C=O) groups excluding carboxylic acids is 1. The third kappa shape index (κ3) is 2.98. The molecule has 0 saturated carbocycles. The molecule has 0 aliphatic rings. The zero-order chi connectivity index (χ0) is 14.8. The number of anilines is 1. The van der Waals surface area contributed by atoms with E-state index in [-0.39, 0.29) is 12.1 Å². The van der Waals surface area contributed by atoms with Crippen LogP contribution in [0.25, 0.3) is 0 Å². The van der Waals surface area contributed by atoms with E-state index >= 15 is 0 Å². The van der Waals surface area contributed by atoms with Crippen LogP contribution < -0.4 is 15.6 Å². The van der Waals surface area contributed by atoms with Gasteiger partial charge in [0.25, 0.3) is 0 Å². The minimum atomic E-state index is -4.17. The first-order valence-electron chi connectivity index (χ1n) is 5.63. The molecule has 0 atom stereocenters. The summed E-state index contributed by atoms with van der Waals surface area (Å²) in [6.45, 7) is 0.135. The zero-order valence-electron chi connectivity index (χ0n) is 10.3. The van der Waals surface area contributed by atoms with Gasteiger partial charge in [-0.1, -0.05) is 18.2 Å². The van der Waals surface area contributed by atoms with E-state index in [1.807, 2.05) is 18.2 Å². The minimum absolute atomic E-state index is 0.135. The van der Waals surface area contributed by atoms with Crippen LogP contribution >= 0.6 is 0 Å². The first kappa shape index (κ1) is 14.1. The normalized spacial score (nSPS) is 11.2. The lowest BCUT2D eigenvalue weighted by Crippen LogP contribution is -2.32. The fourth-order valence-electron chi connectivity index (χ4n) is 1.78. The number of rotatable bonds is 5. The Hall–Kier alpha value is -2.32. The van der Waals surface area contributed by atoms with Crippen LogP contribution in [0.3, 0.4) is 0 Å². The summed E-state index contributed by atoms with van der Waals surface area (Å²) in [6.07, 6.45) is 1.09. The molecule has 1 aromatic heterocycles. The molecule has 0 saturated heterocycles. The van der Waals surface area contributed by atoms with Gasteiger partial charge in [0.15, 0.2) is 0 Å². The van der Waals surface area contributed by atoms with E-state index in [0.29, 0.717) is 3.97 Å². The van der Waals surface area contributed by atoms with Crippen molar-refractivity contribution in [1.29, 1.82) is 0 Å². The van der Waals surface area contributed by atoms with Gasteiger partial charge in [-0.15, -0.1) is 0 Å². The number of aromatic carboxylic acids is 1. The summed E-state index contributed by atoms with van der Waals surface area (Å²) < 4.78 is 23.0. The fraction of sp³-hybridized carbons (Fsp3) is 0.0833. The molecule has 0 fully saturated rings. The maximum Gasteiger partial charge on any atom is 0.302 e. The summed E-state index contributed by atoms with van der Waals surface area (Å²) in [4.78, 5) is 11.1. The van der Waals surface area contributed by atoms with Crippen LogP contribution in [0, 0.1) is 0 Å². The first-order chi connectivity index (χ1) is 9.39. The molecule has 20 heavy (non-hydrogen) atoms. The molecule has 0 aliphatic heterocycles. The zero-order valence-corrected chi connectivity index (χ0v) is 11.1. The molecular formula is C12H12N3O4S-. The highest BCUT2D eigenvalue weighted by molar-refractivity contribution is 7.87. The average molecular weight is 294 g/mol. The van der Waals surface area contributed by atoms with Crippen LogP contribution in [0.1, 0.15) is 16.1 Å². The quantitative estimate of drug-likeness (QED) is 0.772. The maximum atomic E-state index is 11.3. The van der Waals surface area contributed by atoms with E-state index in [9.17, 15) is 18.3 Å². The Labute approximate surface area is 115 Å². The molecule has 8 heteroatoms. The molecule has 3 N–H and O–H groups in total. The van der Waals surface area contributed by atoms with Crippen LogP contribution in [0.4, 0.5) is 5.69 Å². The number of aromatic nitrogens is 1. The van der Waals surface area contributed by atoms with Crippen molar-refractivity contribution >= 4 is 21.9 Å². The third-order valence-corrected chi connectivity index (χ3v) is 3.51. The summed E-state index contributed by atoms with van der Waals surface area (Å²) in [5.74, 6) is -1.60. The van der Waals surface area contributed by atoms with Crippen molar-refractivity contribution in [2.45, 2.75) is 6.54 Å². The number of nitrogens with one attached hydrogen (secondary N) is 1. The number of carbonyl (C=O) groups is 1. The lowest BCUT2D eigenvalue weighted by molar-refractivity contribution is -0.255. The Morgan fingerprint density at radius 3 is 2.45 bits per heavy atom. The van der Waals surface area contributed by atoms with Gasteiger partial charge in [-0.3, -0.25) is 0 Å². The van der Waals surface area contributed by atoms with Gasteiger partial charge in [0.1, 0.15) is 0 Å². The highest BCUT2D eigenvalue weighted by Gasteiger charge is 2.16. The van der Waals surface area contributed by atoms with Gasteiger partial charge in [0, 0.05) is 18.4 Å². The molecule has 0 spiro atoms. The second-order valence-corrected chi connectivity index (χ2v) is 5.46. The van der Waals surface area contributed by atoms with Gasteiger partial charge < -0.3 is 15.2 Å². The SMILES string of the molecule is NS(=O)(=O)n1ccc(CNc2ccccc2)c1C(=O)[O-]. The number of hydrogen-bond acceptors (Lipinski definition) is 5. The Morgan fingerprint density at radius 1 is 1.25 bits per heavy atom. The Balaban J connectivity index is 2.29. The summed E-state index contributed by atoms with van der Waals surface area (Å²) >= 11 is 0. The molecule has 2 rings (SSSR count). The van der Waals surface area contributed by atoms with Crippen molar-refractivity contribution in [3.63, 3.8) is 0 Å². The van der Waals surface area contributed by atoms with E-state index in [2.05, 4.69) is 5.32 Å². The van der Waals surface area contributed by atoms with Crippen molar-refractivity contribution in [3.05, 3.63) is 53.9 Å². The van der Waals surface area contributed by atoms with Crippen molar-refractivity contribution in [3.8, 4) is 0 Å². The van der Waals surface area contributed by atoms with Gasteiger partial charge >= 0.3 is 10.2 Å². The van der Waals surface area contributed by atoms with Crippen LogP contribution in [0.5, 0.6) is 0 Å². The molecule has 1 aromatic carbocycles. The van der Waals surface area contributed by atoms with Gasteiger partial charge in [-0.25, -0.2) is 9.11 Å². The summed E-state index contributed by atoms with van der Waals surface area (Å²) in [6, 6.07) is 10.4. The largest absolute Gasteiger partial charge is 0.543 e. The van der Waals surface area contributed by atoms with Gasteiger partial charge in [-0.05, 0) is 23.8 Å².